The lowest BCUT2D eigenvalue weighted by Gasteiger charge is -2.20. The summed E-state index contributed by atoms with van der Waals surface area (Å²) in [6, 6.07) is 11.7. The van der Waals surface area contributed by atoms with E-state index in [0.717, 1.165) is 12.1 Å². The Morgan fingerprint density at radius 2 is 1.70 bits per heavy atom. The second-order valence-corrected chi connectivity index (χ2v) is 9.33. The first-order valence-corrected chi connectivity index (χ1v) is 11.8. The monoisotopic (exact) mass is 542 g/mol. The minimum absolute atomic E-state index is 0.0522. The SMILES string of the molecule is CC(COC(=O)c1ccc(-c2ccc(Cl)cc2Cl)cc1NC(=O)c1cc(O)c(C=O)cc1C=O)N(C)C. The van der Waals surface area contributed by atoms with E-state index in [4.69, 9.17) is 27.9 Å². The Labute approximate surface area is 223 Å². The Balaban J connectivity index is 2.05. The zero-order valence-electron chi connectivity index (χ0n) is 20.2. The van der Waals surface area contributed by atoms with Crippen LogP contribution in [0.15, 0.2) is 48.5 Å². The number of hydrogen-bond donors (Lipinski definition) is 2. The first kappa shape index (κ1) is 27.9. The number of esters is 1. The number of rotatable bonds is 9. The highest BCUT2D eigenvalue weighted by Gasteiger charge is 2.21. The molecule has 0 aliphatic heterocycles. The number of ether oxygens (including phenoxy) is 1. The van der Waals surface area contributed by atoms with Gasteiger partial charge in [0.1, 0.15) is 12.4 Å². The van der Waals surface area contributed by atoms with Crippen molar-refractivity contribution in [2.75, 3.05) is 26.0 Å². The molecule has 1 atom stereocenters. The predicted molar refractivity (Wildman–Crippen MR) is 142 cm³/mol. The van der Waals surface area contributed by atoms with Crippen molar-refractivity contribution in [2.24, 2.45) is 0 Å². The lowest BCUT2D eigenvalue weighted by atomic mass is 10.0. The van der Waals surface area contributed by atoms with Crippen LogP contribution >= 0.6 is 23.2 Å². The molecule has 10 heteroatoms. The van der Waals surface area contributed by atoms with E-state index in [1.165, 1.54) is 6.07 Å². The van der Waals surface area contributed by atoms with Gasteiger partial charge >= 0.3 is 5.97 Å². The van der Waals surface area contributed by atoms with Gasteiger partial charge in [0.05, 0.1) is 22.4 Å². The fraction of sp³-hybridized carbons (Fsp3) is 0.185. The summed E-state index contributed by atoms with van der Waals surface area (Å²) in [5, 5.41) is 13.5. The zero-order chi connectivity index (χ0) is 27.3. The molecule has 0 bridgehead atoms. The number of phenolic OH excluding ortho intramolecular Hbond substituents is 1. The number of carbonyl (C=O) groups is 4. The van der Waals surface area contributed by atoms with Crippen LogP contribution in [0.2, 0.25) is 10.0 Å². The van der Waals surface area contributed by atoms with E-state index in [1.54, 1.807) is 30.3 Å². The molecule has 3 aromatic carbocycles. The number of nitrogens with zero attached hydrogens (tertiary/aromatic N) is 1. The first-order chi connectivity index (χ1) is 17.5. The molecule has 0 spiro atoms. The fourth-order valence-electron chi connectivity index (χ4n) is 3.34. The van der Waals surface area contributed by atoms with E-state index in [1.807, 2.05) is 25.9 Å². The normalized spacial score (nSPS) is 11.6. The smallest absolute Gasteiger partial charge is 0.340 e. The van der Waals surface area contributed by atoms with Gasteiger partial charge in [0.2, 0.25) is 0 Å². The molecular weight excluding hydrogens is 519 g/mol. The van der Waals surface area contributed by atoms with Crippen LogP contribution in [0.5, 0.6) is 5.75 Å². The summed E-state index contributed by atoms with van der Waals surface area (Å²) in [5.74, 6) is -1.93. The van der Waals surface area contributed by atoms with Gasteiger partial charge in [-0.25, -0.2) is 4.79 Å². The molecule has 0 saturated carbocycles. The molecule has 2 N–H and O–H groups in total. The van der Waals surface area contributed by atoms with Gasteiger partial charge in [0.25, 0.3) is 5.91 Å². The Kier molecular flexibility index (Phi) is 9.04. The van der Waals surface area contributed by atoms with Gasteiger partial charge < -0.3 is 20.1 Å². The highest BCUT2D eigenvalue weighted by atomic mass is 35.5. The Hall–Kier alpha value is -3.72. The van der Waals surface area contributed by atoms with Gasteiger partial charge in [-0.3, -0.25) is 14.4 Å². The van der Waals surface area contributed by atoms with Crippen molar-refractivity contribution in [3.05, 3.63) is 80.8 Å². The lowest BCUT2D eigenvalue weighted by molar-refractivity contribution is 0.0417. The molecule has 0 saturated heterocycles. The predicted octanol–water partition coefficient (Wildman–Crippen LogP) is 5.35. The topological polar surface area (TPSA) is 113 Å². The average Bonchev–Trinajstić information content (AvgIpc) is 2.86. The summed E-state index contributed by atoms with van der Waals surface area (Å²) in [6.07, 6.45) is 0.759. The largest absolute Gasteiger partial charge is 0.507 e. The van der Waals surface area contributed by atoms with Crippen molar-refractivity contribution in [3.8, 4) is 16.9 Å². The van der Waals surface area contributed by atoms with Crippen LogP contribution in [-0.2, 0) is 4.74 Å². The third-order valence-electron chi connectivity index (χ3n) is 5.76. The van der Waals surface area contributed by atoms with Crippen molar-refractivity contribution in [1.82, 2.24) is 4.90 Å². The molecule has 0 fully saturated rings. The third kappa shape index (κ3) is 6.54. The number of likely N-dealkylation sites (N-methyl/N-ethyl adjacent to an activating group) is 1. The molecule has 3 rings (SSSR count). The number of amides is 1. The van der Waals surface area contributed by atoms with E-state index in [-0.39, 0.29) is 40.6 Å². The van der Waals surface area contributed by atoms with Crippen LogP contribution < -0.4 is 5.32 Å². The van der Waals surface area contributed by atoms with E-state index >= 15 is 0 Å². The number of aromatic hydroxyl groups is 1. The molecule has 37 heavy (non-hydrogen) atoms. The second kappa shape index (κ2) is 12.0. The second-order valence-electron chi connectivity index (χ2n) is 8.48. The van der Waals surface area contributed by atoms with Gasteiger partial charge in [-0.05, 0) is 63.0 Å². The number of aldehydes is 2. The molecule has 0 aliphatic carbocycles. The summed E-state index contributed by atoms with van der Waals surface area (Å²) < 4.78 is 5.45. The number of phenols is 1. The van der Waals surface area contributed by atoms with Crippen LogP contribution in [0.4, 0.5) is 5.69 Å². The van der Waals surface area contributed by atoms with Crippen molar-refractivity contribution < 1.29 is 29.0 Å². The van der Waals surface area contributed by atoms with Crippen molar-refractivity contribution in [3.63, 3.8) is 0 Å². The van der Waals surface area contributed by atoms with Crippen LogP contribution in [0.25, 0.3) is 11.1 Å². The van der Waals surface area contributed by atoms with Gasteiger partial charge in [-0.15, -0.1) is 0 Å². The molecule has 1 amide bonds. The minimum atomic E-state index is -0.787. The highest BCUT2D eigenvalue weighted by Crippen LogP contribution is 2.33. The quantitative estimate of drug-likeness (QED) is 0.276. The molecule has 8 nitrogen and oxygen atoms in total. The molecule has 0 radical (unpaired) electrons. The fourth-order valence-corrected chi connectivity index (χ4v) is 3.86. The minimum Gasteiger partial charge on any atom is -0.507 e. The molecule has 1 unspecified atom stereocenters. The maximum absolute atomic E-state index is 13.2. The number of carbonyl (C=O) groups excluding carboxylic acids is 4. The van der Waals surface area contributed by atoms with Crippen LogP contribution in [-0.4, -0.2) is 61.2 Å². The van der Waals surface area contributed by atoms with Gasteiger partial charge in [0, 0.05) is 27.2 Å². The van der Waals surface area contributed by atoms with Crippen molar-refractivity contribution in [1.29, 1.82) is 0 Å². The van der Waals surface area contributed by atoms with Crippen LogP contribution in [0, 0.1) is 0 Å². The van der Waals surface area contributed by atoms with E-state index in [2.05, 4.69) is 5.32 Å². The maximum atomic E-state index is 13.2. The third-order valence-corrected chi connectivity index (χ3v) is 6.31. The molecule has 0 aliphatic rings. The molecule has 3 aromatic rings. The molecule has 0 heterocycles. The number of hydrogen-bond acceptors (Lipinski definition) is 7. The van der Waals surface area contributed by atoms with Gasteiger partial charge in [-0.1, -0.05) is 35.3 Å². The molecular formula is C27H24Cl2N2O6. The summed E-state index contributed by atoms with van der Waals surface area (Å²) in [5.41, 5.74) is 0.889. The Morgan fingerprint density at radius 1 is 1.00 bits per heavy atom. The van der Waals surface area contributed by atoms with Crippen LogP contribution in [0.3, 0.4) is 0 Å². The maximum Gasteiger partial charge on any atom is 0.340 e. The summed E-state index contributed by atoms with van der Waals surface area (Å²) >= 11 is 12.4. The van der Waals surface area contributed by atoms with E-state index < -0.39 is 17.6 Å². The zero-order valence-corrected chi connectivity index (χ0v) is 21.8. The van der Waals surface area contributed by atoms with E-state index in [0.29, 0.717) is 33.7 Å². The first-order valence-electron chi connectivity index (χ1n) is 11.1. The summed E-state index contributed by atoms with van der Waals surface area (Å²) in [6.45, 7) is 2.00. The van der Waals surface area contributed by atoms with Crippen LogP contribution in [0.1, 0.15) is 48.4 Å². The van der Waals surface area contributed by atoms with Gasteiger partial charge in [-0.2, -0.15) is 0 Å². The molecule has 0 aromatic heterocycles. The average molecular weight is 543 g/mol. The summed E-state index contributed by atoms with van der Waals surface area (Å²) in [7, 11) is 3.70. The van der Waals surface area contributed by atoms with Crippen molar-refractivity contribution >= 4 is 53.3 Å². The Morgan fingerprint density at radius 3 is 2.32 bits per heavy atom. The number of halogens is 2. The standard InChI is InChI=1S/C27H24Cl2N2O6/c1-15(31(2)3)14-37-27(36)21-6-4-16(20-7-5-19(28)10-23(20)29)9-24(21)30-26(35)22-11-25(34)18(13-33)8-17(22)12-32/h4-13,15,34H,14H2,1-3H3,(H,30,35). The molecule has 192 valence electrons. The lowest BCUT2D eigenvalue weighted by Crippen LogP contribution is -2.30. The number of anilines is 1. The summed E-state index contributed by atoms with van der Waals surface area (Å²) in [4.78, 5) is 50.7. The van der Waals surface area contributed by atoms with E-state index in [9.17, 15) is 24.3 Å². The number of nitrogens with one attached hydrogen (secondary N) is 1. The highest BCUT2D eigenvalue weighted by molar-refractivity contribution is 6.36. The number of benzene rings is 3. The Bertz CT molecular complexity index is 1370. The van der Waals surface area contributed by atoms with Crippen molar-refractivity contribution in [2.45, 2.75) is 13.0 Å². The van der Waals surface area contributed by atoms with Gasteiger partial charge in [0.15, 0.2) is 12.6 Å².